The summed E-state index contributed by atoms with van der Waals surface area (Å²) in [5.74, 6) is 0.153. The van der Waals surface area contributed by atoms with E-state index < -0.39 is 0 Å². The summed E-state index contributed by atoms with van der Waals surface area (Å²) in [6, 6.07) is 0. The molecule has 1 radical (unpaired) electrons. The lowest BCUT2D eigenvalue weighted by atomic mass is 10.2. The van der Waals surface area contributed by atoms with Gasteiger partial charge in [-0.25, -0.2) is 0 Å². The average Bonchev–Trinajstić information content (AvgIpc) is 1.91. The first kappa shape index (κ1) is 4.57. The van der Waals surface area contributed by atoms with Crippen LogP contribution in [0.25, 0.3) is 0 Å². The summed E-state index contributed by atoms with van der Waals surface area (Å²) in [5, 5.41) is 0. The minimum absolute atomic E-state index is 0.153. The van der Waals surface area contributed by atoms with Crippen LogP contribution in [0.4, 0.5) is 0 Å². The Labute approximate surface area is 43.0 Å². The molecule has 0 aromatic heterocycles. The van der Waals surface area contributed by atoms with Crippen LogP contribution in [0, 0.1) is 6.58 Å². The van der Waals surface area contributed by atoms with E-state index in [0.29, 0.717) is 12.0 Å². The maximum Gasteiger partial charge on any atom is 0.158 e. The summed E-state index contributed by atoms with van der Waals surface area (Å²) in [6.07, 6.45) is 2.45. The molecule has 1 nitrogen and oxygen atoms in total. The smallest absolute Gasteiger partial charge is 0.158 e. The standard InChI is InChI=1S/C6H7O/c1-5-3-2-4-6(5)7/h1H,2-4H2. The van der Waals surface area contributed by atoms with E-state index in [0.717, 1.165) is 12.8 Å². The molecular formula is C6H7O. The lowest BCUT2D eigenvalue weighted by molar-refractivity contribution is -0.114. The van der Waals surface area contributed by atoms with Crippen molar-refractivity contribution in [1.29, 1.82) is 0 Å². The van der Waals surface area contributed by atoms with Crippen LogP contribution in [0.15, 0.2) is 5.57 Å². The number of rotatable bonds is 0. The number of hydrogen-bond donors (Lipinski definition) is 0. The molecule has 0 aromatic rings. The topological polar surface area (TPSA) is 17.1 Å². The van der Waals surface area contributed by atoms with Crippen molar-refractivity contribution in [2.45, 2.75) is 19.3 Å². The summed E-state index contributed by atoms with van der Waals surface area (Å²) in [6.45, 7) is 5.25. The number of allylic oxidation sites excluding steroid dienone is 1. The Morgan fingerprint density at radius 3 is 2.29 bits per heavy atom. The van der Waals surface area contributed by atoms with Crippen LogP contribution in [0.2, 0.25) is 0 Å². The lowest BCUT2D eigenvalue weighted by Crippen LogP contribution is -1.87. The number of carbonyl (C=O) groups is 1. The Morgan fingerprint density at radius 1 is 1.43 bits per heavy atom. The molecule has 1 rings (SSSR count). The van der Waals surface area contributed by atoms with Crippen molar-refractivity contribution in [2.24, 2.45) is 0 Å². The Balaban J connectivity index is 2.65. The van der Waals surface area contributed by atoms with Crippen molar-refractivity contribution < 1.29 is 4.79 Å². The van der Waals surface area contributed by atoms with E-state index in [2.05, 4.69) is 0 Å². The fourth-order valence-electron chi connectivity index (χ4n) is 0.739. The number of Topliss-reactive ketones (excluding diaryl/α,β-unsaturated/α-hetero) is 1. The zero-order chi connectivity index (χ0) is 5.28. The summed E-state index contributed by atoms with van der Waals surface area (Å²) < 4.78 is 0. The third-order valence-corrected chi connectivity index (χ3v) is 1.21. The van der Waals surface area contributed by atoms with Crippen molar-refractivity contribution in [3.8, 4) is 0 Å². The number of ketones is 1. The van der Waals surface area contributed by atoms with Crippen LogP contribution in [-0.4, -0.2) is 5.78 Å². The van der Waals surface area contributed by atoms with E-state index >= 15 is 0 Å². The molecule has 0 atom stereocenters. The van der Waals surface area contributed by atoms with E-state index in [1.807, 2.05) is 0 Å². The first-order valence-electron chi connectivity index (χ1n) is 2.45. The Bertz CT molecular complexity index is 99.3. The van der Waals surface area contributed by atoms with Gasteiger partial charge in [-0.1, -0.05) is 6.58 Å². The minimum atomic E-state index is 0.153. The maximum absolute atomic E-state index is 10.4. The van der Waals surface area contributed by atoms with Gasteiger partial charge in [0, 0.05) is 6.42 Å². The van der Waals surface area contributed by atoms with E-state index in [-0.39, 0.29) is 5.78 Å². The molecule has 37 valence electrons. The summed E-state index contributed by atoms with van der Waals surface area (Å²) in [7, 11) is 0. The van der Waals surface area contributed by atoms with E-state index in [1.54, 1.807) is 0 Å². The second kappa shape index (κ2) is 1.49. The Morgan fingerprint density at radius 2 is 2.14 bits per heavy atom. The van der Waals surface area contributed by atoms with Crippen molar-refractivity contribution in [3.05, 3.63) is 12.2 Å². The van der Waals surface area contributed by atoms with Crippen molar-refractivity contribution in [1.82, 2.24) is 0 Å². The molecule has 1 heteroatoms. The van der Waals surface area contributed by atoms with Crippen LogP contribution in [0.1, 0.15) is 19.3 Å². The number of hydrogen-bond acceptors (Lipinski definition) is 1. The maximum atomic E-state index is 10.4. The highest BCUT2D eigenvalue weighted by atomic mass is 16.1. The fourth-order valence-corrected chi connectivity index (χ4v) is 0.739. The predicted octanol–water partition coefficient (Wildman–Crippen LogP) is 1.10. The normalized spacial score (nSPS) is 21.1. The quantitative estimate of drug-likeness (QED) is 0.412. The van der Waals surface area contributed by atoms with Crippen LogP contribution in [-0.2, 0) is 4.79 Å². The van der Waals surface area contributed by atoms with Gasteiger partial charge in [0.15, 0.2) is 5.78 Å². The van der Waals surface area contributed by atoms with E-state index in [9.17, 15) is 4.79 Å². The van der Waals surface area contributed by atoms with Gasteiger partial charge >= 0.3 is 0 Å². The summed E-state index contributed by atoms with van der Waals surface area (Å²) >= 11 is 0. The zero-order valence-electron chi connectivity index (χ0n) is 4.11. The van der Waals surface area contributed by atoms with Gasteiger partial charge in [-0.15, -0.1) is 0 Å². The van der Waals surface area contributed by atoms with Gasteiger partial charge in [-0.3, -0.25) is 4.79 Å². The Kier molecular flexibility index (Phi) is 0.970. The van der Waals surface area contributed by atoms with E-state index in [1.165, 1.54) is 0 Å². The molecule has 1 aliphatic carbocycles. The fraction of sp³-hybridized carbons (Fsp3) is 0.500. The monoisotopic (exact) mass is 95.0 g/mol. The first-order chi connectivity index (χ1) is 3.30. The van der Waals surface area contributed by atoms with Crippen molar-refractivity contribution in [3.63, 3.8) is 0 Å². The van der Waals surface area contributed by atoms with Gasteiger partial charge < -0.3 is 0 Å². The SMILES string of the molecule is [CH]=C1CCCC1=O. The highest BCUT2D eigenvalue weighted by molar-refractivity contribution is 5.96. The molecule has 1 saturated carbocycles. The van der Waals surface area contributed by atoms with Gasteiger partial charge in [0.1, 0.15) is 0 Å². The van der Waals surface area contributed by atoms with E-state index in [4.69, 9.17) is 6.58 Å². The highest BCUT2D eigenvalue weighted by Gasteiger charge is 2.13. The molecule has 0 unspecified atom stereocenters. The van der Waals surface area contributed by atoms with Gasteiger partial charge in [0.2, 0.25) is 0 Å². The van der Waals surface area contributed by atoms with Crippen molar-refractivity contribution in [2.75, 3.05) is 0 Å². The van der Waals surface area contributed by atoms with Crippen LogP contribution in [0.3, 0.4) is 0 Å². The van der Waals surface area contributed by atoms with Gasteiger partial charge in [0.05, 0.1) is 0 Å². The van der Waals surface area contributed by atoms with Crippen LogP contribution in [0.5, 0.6) is 0 Å². The second-order valence-corrected chi connectivity index (χ2v) is 1.80. The summed E-state index contributed by atoms with van der Waals surface area (Å²) in [5.41, 5.74) is 0.569. The minimum Gasteiger partial charge on any atom is -0.295 e. The first-order valence-corrected chi connectivity index (χ1v) is 2.45. The molecule has 1 fully saturated rings. The number of carbonyl (C=O) groups excluding carboxylic acids is 1. The molecule has 0 N–H and O–H groups in total. The summed E-state index contributed by atoms with van der Waals surface area (Å²) in [4.78, 5) is 10.4. The van der Waals surface area contributed by atoms with Gasteiger partial charge in [-0.2, -0.15) is 0 Å². The molecule has 0 amide bonds. The van der Waals surface area contributed by atoms with Crippen molar-refractivity contribution >= 4 is 5.78 Å². The third kappa shape index (κ3) is 0.710. The molecule has 0 aliphatic heterocycles. The zero-order valence-corrected chi connectivity index (χ0v) is 4.11. The molecule has 0 bridgehead atoms. The molecule has 0 spiro atoms. The lowest BCUT2D eigenvalue weighted by Gasteiger charge is -1.80. The third-order valence-electron chi connectivity index (χ3n) is 1.21. The molecule has 0 heterocycles. The predicted molar refractivity (Wildman–Crippen MR) is 26.7 cm³/mol. The highest BCUT2D eigenvalue weighted by Crippen LogP contribution is 2.16. The van der Waals surface area contributed by atoms with Crippen LogP contribution < -0.4 is 0 Å². The van der Waals surface area contributed by atoms with Gasteiger partial charge in [-0.05, 0) is 18.4 Å². The molecule has 0 saturated heterocycles. The molecule has 0 aromatic carbocycles. The molecule has 7 heavy (non-hydrogen) atoms. The second-order valence-electron chi connectivity index (χ2n) is 1.80. The van der Waals surface area contributed by atoms with Crippen LogP contribution >= 0.6 is 0 Å². The van der Waals surface area contributed by atoms with Gasteiger partial charge in [0.25, 0.3) is 0 Å². The molecular weight excluding hydrogens is 88.1 g/mol. The Hall–Kier alpha value is -0.590. The largest absolute Gasteiger partial charge is 0.295 e. The molecule has 1 aliphatic rings. The average molecular weight is 95.1 g/mol.